The van der Waals surface area contributed by atoms with E-state index in [1.807, 2.05) is 50.5 Å². The normalized spacial score (nSPS) is 13.0. The number of carbonyl (C=O) groups excluding carboxylic acids is 1. The van der Waals surface area contributed by atoms with E-state index in [1.165, 1.54) is 0 Å². The first-order chi connectivity index (χ1) is 10.7. The molecule has 2 heterocycles. The lowest BCUT2D eigenvalue weighted by molar-refractivity contribution is 0.0994. The fourth-order valence-electron chi connectivity index (χ4n) is 2.80. The number of nitrogens with zero attached hydrogens (tertiary/aromatic N) is 3. The Balaban J connectivity index is 0.00000192. The first kappa shape index (κ1) is 17.2. The van der Waals surface area contributed by atoms with Gasteiger partial charge >= 0.3 is 0 Å². The van der Waals surface area contributed by atoms with E-state index in [1.54, 1.807) is 11.1 Å². The molecular weight excluding hydrogens is 312 g/mol. The number of fused-ring (bicyclic) bond motifs is 2. The van der Waals surface area contributed by atoms with Crippen molar-refractivity contribution in [3.8, 4) is 0 Å². The summed E-state index contributed by atoms with van der Waals surface area (Å²) in [4.78, 5) is 21.0. The maximum absolute atomic E-state index is 12.7. The molecule has 1 aromatic carbocycles. The van der Waals surface area contributed by atoms with Crippen molar-refractivity contribution in [3.63, 3.8) is 0 Å². The van der Waals surface area contributed by atoms with Crippen LogP contribution >= 0.6 is 12.4 Å². The molecule has 1 aliphatic heterocycles. The van der Waals surface area contributed by atoms with Gasteiger partial charge in [-0.1, -0.05) is 12.1 Å². The molecule has 2 aromatic rings. The molecule has 1 aromatic heterocycles. The van der Waals surface area contributed by atoms with E-state index in [0.717, 1.165) is 36.7 Å². The Morgan fingerprint density at radius 2 is 1.87 bits per heavy atom. The predicted octanol–water partition coefficient (Wildman–Crippen LogP) is 2.84. The number of para-hydroxylation sites is 2. The SMILES string of the molecule is CNCCCN1c2ccccc2N(C)C(=O)c2cccnc21.Cl. The lowest BCUT2D eigenvalue weighted by Crippen LogP contribution is -2.25. The third-order valence-corrected chi connectivity index (χ3v) is 3.92. The minimum atomic E-state index is -0.0216. The van der Waals surface area contributed by atoms with Gasteiger partial charge in [-0.25, -0.2) is 4.98 Å². The van der Waals surface area contributed by atoms with Gasteiger partial charge in [0.25, 0.3) is 5.91 Å². The molecule has 0 atom stereocenters. The molecule has 6 heteroatoms. The third kappa shape index (κ3) is 3.16. The Labute approximate surface area is 142 Å². The molecule has 0 fully saturated rings. The van der Waals surface area contributed by atoms with Crippen LogP contribution in [-0.2, 0) is 0 Å². The van der Waals surface area contributed by atoms with Crippen molar-refractivity contribution in [2.75, 3.05) is 37.0 Å². The second kappa shape index (κ2) is 7.44. The van der Waals surface area contributed by atoms with E-state index in [2.05, 4.69) is 15.2 Å². The summed E-state index contributed by atoms with van der Waals surface area (Å²) in [6.45, 7) is 1.73. The van der Waals surface area contributed by atoms with E-state index >= 15 is 0 Å². The van der Waals surface area contributed by atoms with Crippen LogP contribution in [0.15, 0.2) is 42.6 Å². The number of anilines is 3. The van der Waals surface area contributed by atoms with Crippen molar-refractivity contribution in [2.45, 2.75) is 6.42 Å². The highest BCUT2D eigenvalue weighted by Gasteiger charge is 2.29. The van der Waals surface area contributed by atoms with Crippen molar-refractivity contribution >= 4 is 35.5 Å². The first-order valence-electron chi connectivity index (χ1n) is 7.48. The van der Waals surface area contributed by atoms with Crippen LogP contribution in [0.5, 0.6) is 0 Å². The highest BCUT2D eigenvalue weighted by atomic mass is 35.5. The average Bonchev–Trinajstić information content (AvgIpc) is 2.65. The molecule has 1 aliphatic rings. The molecule has 1 N–H and O–H groups in total. The van der Waals surface area contributed by atoms with Gasteiger partial charge in [-0.3, -0.25) is 4.79 Å². The molecular formula is C17H21ClN4O. The number of carbonyl (C=O) groups is 1. The quantitative estimate of drug-likeness (QED) is 0.875. The number of hydrogen-bond acceptors (Lipinski definition) is 4. The summed E-state index contributed by atoms with van der Waals surface area (Å²) in [6.07, 6.45) is 2.71. The molecule has 0 unspecified atom stereocenters. The van der Waals surface area contributed by atoms with E-state index in [0.29, 0.717) is 5.56 Å². The molecule has 0 bridgehead atoms. The van der Waals surface area contributed by atoms with E-state index in [9.17, 15) is 4.79 Å². The number of halogens is 1. The van der Waals surface area contributed by atoms with Gasteiger partial charge in [0.2, 0.25) is 0 Å². The highest BCUT2D eigenvalue weighted by molar-refractivity contribution is 6.12. The Hall–Kier alpha value is -2.11. The summed E-state index contributed by atoms with van der Waals surface area (Å²) in [7, 11) is 3.76. The van der Waals surface area contributed by atoms with Crippen LogP contribution in [0.2, 0.25) is 0 Å². The topological polar surface area (TPSA) is 48.5 Å². The second-order valence-electron chi connectivity index (χ2n) is 5.34. The predicted molar refractivity (Wildman–Crippen MR) is 96.2 cm³/mol. The molecule has 5 nitrogen and oxygen atoms in total. The minimum absolute atomic E-state index is 0. The van der Waals surface area contributed by atoms with Crippen molar-refractivity contribution in [2.24, 2.45) is 0 Å². The smallest absolute Gasteiger partial charge is 0.261 e. The largest absolute Gasteiger partial charge is 0.324 e. The highest BCUT2D eigenvalue weighted by Crippen LogP contribution is 2.38. The van der Waals surface area contributed by atoms with E-state index < -0.39 is 0 Å². The van der Waals surface area contributed by atoms with Gasteiger partial charge in [-0.05, 0) is 44.3 Å². The molecule has 23 heavy (non-hydrogen) atoms. The molecule has 0 saturated heterocycles. The van der Waals surface area contributed by atoms with Gasteiger partial charge in [-0.15, -0.1) is 12.4 Å². The summed E-state index contributed by atoms with van der Waals surface area (Å²) < 4.78 is 0. The molecule has 0 spiro atoms. The van der Waals surface area contributed by atoms with Gasteiger partial charge < -0.3 is 15.1 Å². The van der Waals surface area contributed by atoms with E-state index in [4.69, 9.17) is 0 Å². The number of amides is 1. The zero-order valence-electron chi connectivity index (χ0n) is 13.3. The van der Waals surface area contributed by atoms with Gasteiger partial charge in [0.15, 0.2) is 0 Å². The summed E-state index contributed by atoms with van der Waals surface area (Å²) in [5, 5.41) is 3.16. The summed E-state index contributed by atoms with van der Waals surface area (Å²) in [5.74, 6) is 0.715. The van der Waals surface area contributed by atoms with Crippen LogP contribution in [0.1, 0.15) is 16.8 Å². The molecule has 0 saturated carbocycles. The van der Waals surface area contributed by atoms with Crippen LogP contribution in [-0.4, -0.2) is 38.1 Å². The monoisotopic (exact) mass is 332 g/mol. The molecule has 3 rings (SSSR count). The van der Waals surface area contributed by atoms with Crippen molar-refractivity contribution < 1.29 is 4.79 Å². The zero-order valence-corrected chi connectivity index (χ0v) is 14.1. The third-order valence-electron chi connectivity index (χ3n) is 3.92. The Bertz CT molecular complexity index is 692. The molecule has 0 radical (unpaired) electrons. The van der Waals surface area contributed by atoms with Crippen LogP contribution < -0.4 is 15.1 Å². The molecule has 0 aliphatic carbocycles. The maximum atomic E-state index is 12.7. The van der Waals surface area contributed by atoms with Crippen LogP contribution in [0, 0.1) is 0 Å². The zero-order chi connectivity index (χ0) is 15.5. The van der Waals surface area contributed by atoms with Gasteiger partial charge in [0.1, 0.15) is 5.82 Å². The maximum Gasteiger partial charge on any atom is 0.261 e. The number of hydrogen-bond donors (Lipinski definition) is 1. The van der Waals surface area contributed by atoms with E-state index in [-0.39, 0.29) is 18.3 Å². The summed E-state index contributed by atoms with van der Waals surface area (Å²) >= 11 is 0. The number of rotatable bonds is 4. The van der Waals surface area contributed by atoms with Gasteiger partial charge in [0.05, 0.1) is 16.9 Å². The van der Waals surface area contributed by atoms with Gasteiger partial charge in [-0.2, -0.15) is 0 Å². The first-order valence-corrected chi connectivity index (χ1v) is 7.48. The Kier molecular flexibility index (Phi) is 5.58. The summed E-state index contributed by atoms with van der Waals surface area (Å²) in [5.41, 5.74) is 2.58. The fourth-order valence-corrected chi connectivity index (χ4v) is 2.80. The van der Waals surface area contributed by atoms with Crippen molar-refractivity contribution in [1.29, 1.82) is 0 Å². The summed E-state index contributed by atoms with van der Waals surface area (Å²) in [6, 6.07) is 11.6. The number of benzene rings is 1. The van der Waals surface area contributed by atoms with Crippen molar-refractivity contribution in [1.82, 2.24) is 10.3 Å². The number of nitrogens with one attached hydrogen (secondary N) is 1. The van der Waals surface area contributed by atoms with Crippen LogP contribution in [0.3, 0.4) is 0 Å². The van der Waals surface area contributed by atoms with Crippen LogP contribution in [0.25, 0.3) is 0 Å². The minimum Gasteiger partial charge on any atom is -0.324 e. The Morgan fingerprint density at radius 3 is 2.61 bits per heavy atom. The standard InChI is InChI=1S/C17H20N4O.ClH/c1-18-10-6-12-21-15-9-4-3-8-14(15)20(2)17(22)13-7-5-11-19-16(13)21;/h3-5,7-9,11,18H,6,10,12H2,1-2H3;1H. The fraction of sp³-hybridized carbons (Fsp3) is 0.294. The van der Waals surface area contributed by atoms with Crippen LogP contribution in [0.4, 0.5) is 17.2 Å². The average molecular weight is 333 g/mol. The Morgan fingerprint density at radius 1 is 1.13 bits per heavy atom. The number of pyridine rings is 1. The molecule has 122 valence electrons. The second-order valence-corrected chi connectivity index (χ2v) is 5.34. The lowest BCUT2D eigenvalue weighted by Gasteiger charge is -2.25. The molecule has 1 amide bonds. The number of aromatic nitrogens is 1. The lowest BCUT2D eigenvalue weighted by atomic mass is 10.2. The van der Waals surface area contributed by atoms with Crippen molar-refractivity contribution in [3.05, 3.63) is 48.2 Å². The van der Waals surface area contributed by atoms with Gasteiger partial charge in [0, 0.05) is 19.8 Å².